The standard InChI is InChI=1S/C17H17Cl2NO2/c1-11-7-12(2)9-14(8-11)22-6-5-20-17(21)15-10-13(18)3-4-16(15)19/h3-4,7-10H,5-6H2,1-2H3,(H,20,21). The van der Waals surface area contributed by atoms with E-state index in [4.69, 9.17) is 27.9 Å². The van der Waals surface area contributed by atoms with Gasteiger partial charge in [-0.15, -0.1) is 0 Å². The normalized spacial score (nSPS) is 10.4. The number of carbonyl (C=O) groups is 1. The average Bonchev–Trinajstić information content (AvgIpc) is 2.45. The summed E-state index contributed by atoms with van der Waals surface area (Å²) in [5.41, 5.74) is 2.65. The van der Waals surface area contributed by atoms with Crippen LogP contribution in [0.3, 0.4) is 0 Å². The minimum Gasteiger partial charge on any atom is -0.492 e. The molecule has 3 nitrogen and oxygen atoms in total. The number of hydrogen-bond donors (Lipinski definition) is 1. The van der Waals surface area contributed by atoms with Crippen LogP contribution in [-0.4, -0.2) is 19.1 Å². The van der Waals surface area contributed by atoms with Crippen molar-refractivity contribution in [2.24, 2.45) is 0 Å². The highest BCUT2D eigenvalue weighted by Crippen LogP contribution is 2.20. The maximum Gasteiger partial charge on any atom is 0.252 e. The first-order chi connectivity index (χ1) is 10.5. The van der Waals surface area contributed by atoms with Gasteiger partial charge in [-0.2, -0.15) is 0 Å². The quantitative estimate of drug-likeness (QED) is 0.820. The molecule has 1 N–H and O–H groups in total. The Labute approximate surface area is 140 Å². The van der Waals surface area contributed by atoms with Gasteiger partial charge in [0.1, 0.15) is 12.4 Å². The molecule has 0 bridgehead atoms. The largest absolute Gasteiger partial charge is 0.492 e. The summed E-state index contributed by atoms with van der Waals surface area (Å²) in [6.45, 7) is 4.80. The maximum absolute atomic E-state index is 12.0. The van der Waals surface area contributed by atoms with Crippen molar-refractivity contribution in [3.05, 3.63) is 63.1 Å². The molecule has 116 valence electrons. The van der Waals surface area contributed by atoms with Gasteiger partial charge in [-0.3, -0.25) is 4.79 Å². The van der Waals surface area contributed by atoms with Gasteiger partial charge in [0.05, 0.1) is 17.1 Å². The molecule has 0 aliphatic carbocycles. The zero-order valence-corrected chi connectivity index (χ0v) is 14.0. The molecule has 0 aliphatic rings. The van der Waals surface area contributed by atoms with E-state index < -0.39 is 0 Å². The van der Waals surface area contributed by atoms with Crippen molar-refractivity contribution in [2.75, 3.05) is 13.2 Å². The number of aryl methyl sites for hydroxylation is 2. The molecule has 2 aromatic rings. The lowest BCUT2D eigenvalue weighted by Gasteiger charge is -2.10. The molecule has 0 heterocycles. The fourth-order valence-corrected chi connectivity index (χ4v) is 2.49. The second kappa shape index (κ2) is 7.52. The lowest BCUT2D eigenvalue weighted by atomic mass is 10.1. The van der Waals surface area contributed by atoms with Gasteiger partial charge in [0.2, 0.25) is 0 Å². The summed E-state index contributed by atoms with van der Waals surface area (Å²) in [7, 11) is 0. The van der Waals surface area contributed by atoms with Gasteiger partial charge < -0.3 is 10.1 Å². The Kier molecular flexibility index (Phi) is 5.69. The van der Waals surface area contributed by atoms with Gasteiger partial charge in [0.15, 0.2) is 0 Å². The third-order valence-corrected chi connectivity index (χ3v) is 3.59. The summed E-state index contributed by atoms with van der Waals surface area (Å²) in [5, 5.41) is 3.60. The van der Waals surface area contributed by atoms with Crippen LogP contribution in [0, 0.1) is 13.8 Å². The highest BCUT2D eigenvalue weighted by atomic mass is 35.5. The van der Waals surface area contributed by atoms with Crippen LogP contribution in [0.25, 0.3) is 0 Å². The van der Waals surface area contributed by atoms with Crippen LogP contribution >= 0.6 is 23.2 Å². The van der Waals surface area contributed by atoms with Gasteiger partial charge in [0, 0.05) is 5.02 Å². The molecule has 0 radical (unpaired) electrons. The average molecular weight is 338 g/mol. The number of ether oxygens (including phenoxy) is 1. The van der Waals surface area contributed by atoms with Crippen LogP contribution < -0.4 is 10.1 Å². The number of amides is 1. The van der Waals surface area contributed by atoms with E-state index in [9.17, 15) is 4.79 Å². The van der Waals surface area contributed by atoms with E-state index in [1.54, 1.807) is 18.2 Å². The van der Waals surface area contributed by atoms with E-state index >= 15 is 0 Å². The Hall–Kier alpha value is -1.71. The molecule has 0 aromatic heterocycles. The van der Waals surface area contributed by atoms with Gasteiger partial charge in [-0.05, 0) is 55.3 Å². The number of halogens is 2. The minimum atomic E-state index is -0.267. The lowest BCUT2D eigenvalue weighted by molar-refractivity contribution is 0.0947. The molecular formula is C17H17Cl2NO2. The molecule has 5 heteroatoms. The van der Waals surface area contributed by atoms with E-state index in [-0.39, 0.29) is 5.91 Å². The van der Waals surface area contributed by atoms with Crippen LogP contribution in [0.4, 0.5) is 0 Å². The molecule has 0 unspecified atom stereocenters. The van der Waals surface area contributed by atoms with Crippen molar-refractivity contribution in [1.29, 1.82) is 0 Å². The summed E-state index contributed by atoms with van der Waals surface area (Å²) in [5.74, 6) is 0.532. The first-order valence-corrected chi connectivity index (χ1v) is 7.65. The van der Waals surface area contributed by atoms with Crippen LogP contribution in [-0.2, 0) is 0 Å². The molecular weight excluding hydrogens is 321 g/mol. The molecule has 22 heavy (non-hydrogen) atoms. The van der Waals surface area contributed by atoms with Gasteiger partial charge >= 0.3 is 0 Å². The Balaban J connectivity index is 1.86. The zero-order chi connectivity index (χ0) is 16.1. The van der Waals surface area contributed by atoms with Gasteiger partial charge in [0.25, 0.3) is 5.91 Å². The summed E-state index contributed by atoms with van der Waals surface area (Å²) in [4.78, 5) is 12.0. The monoisotopic (exact) mass is 337 g/mol. The van der Waals surface area contributed by atoms with Crippen molar-refractivity contribution in [2.45, 2.75) is 13.8 Å². The van der Waals surface area contributed by atoms with Crippen molar-refractivity contribution in [3.8, 4) is 5.75 Å². The summed E-state index contributed by atoms with van der Waals surface area (Å²) >= 11 is 11.9. The molecule has 2 rings (SSSR count). The van der Waals surface area contributed by atoms with Crippen molar-refractivity contribution < 1.29 is 9.53 Å². The number of carbonyl (C=O) groups excluding carboxylic acids is 1. The van der Waals surface area contributed by atoms with E-state index in [0.717, 1.165) is 16.9 Å². The lowest BCUT2D eigenvalue weighted by Crippen LogP contribution is -2.28. The van der Waals surface area contributed by atoms with E-state index in [2.05, 4.69) is 11.4 Å². The van der Waals surface area contributed by atoms with Crippen molar-refractivity contribution in [1.82, 2.24) is 5.32 Å². The summed E-state index contributed by atoms with van der Waals surface area (Å²) < 4.78 is 5.63. The fourth-order valence-electron chi connectivity index (χ4n) is 2.12. The molecule has 0 saturated carbocycles. The second-order valence-electron chi connectivity index (χ2n) is 5.05. The number of hydrogen-bond acceptors (Lipinski definition) is 2. The number of nitrogens with one attached hydrogen (secondary N) is 1. The molecule has 0 aliphatic heterocycles. The van der Waals surface area contributed by atoms with Crippen LogP contribution in [0.1, 0.15) is 21.5 Å². The molecule has 1 amide bonds. The number of rotatable bonds is 5. The topological polar surface area (TPSA) is 38.3 Å². The minimum absolute atomic E-state index is 0.267. The van der Waals surface area contributed by atoms with Gasteiger partial charge in [-0.1, -0.05) is 29.3 Å². The van der Waals surface area contributed by atoms with Crippen molar-refractivity contribution in [3.63, 3.8) is 0 Å². The third-order valence-electron chi connectivity index (χ3n) is 3.02. The second-order valence-corrected chi connectivity index (χ2v) is 5.90. The molecule has 0 saturated heterocycles. The summed E-state index contributed by atoms with van der Waals surface area (Å²) in [6, 6.07) is 10.8. The molecule has 0 fully saturated rings. The van der Waals surface area contributed by atoms with E-state index in [0.29, 0.717) is 28.8 Å². The molecule has 2 aromatic carbocycles. The van der Waals surface area contributed by atoms with E-state index in [1.807, 2.05) is 26.0 Å². The smallest absolute Gasteiger partial charge is 0.252 e. The predicted octanol–water partition coefficient (Wildman–Crippen LogP) is 4.42. The number of benzene rings is 2. The van der Waals surface area contributed by atoms with Crippen molar-refractivity contribution >= 4 is 29.1 Å². The molecule has 0 atom stereocenters. The molecule has 0 spiro atoms. The first kappa shape index (κ1) is 16.7. The Bertz CT molecular complexity index is 666. The summed E-state index contributed by atoms with van der Waals surface area (Å²) in [6.07, 6.45) is 0. The first-order valence-electron chi connectivity index (χ1n) is 6.90. The third kappa shape index (κ3) is 4.65. The predicted molar refractivity (Wildman–Crippen MR) is 90.2 cm³/mol. The Morgan fingerprint density at radius 3 is 2.45 bits per heavy atom. The zero-order valence-electron chi connectivity index (χ0n) is 12.5. The van der Waals surface area contributed by atoms with Gasteiger partial charge in [-0.25, -0.2) is 0 Å². The van der Waals surface area contributed by atoms with E-state index in [1.165, 1.54) is 0 Å². The SMILES string of the molecule is Cc1cc(C)cc(OCCNC(=O)c2cc(Cl)ccc2Cl)c1. The maximum atomic E-state index is 12.0. The highest BCUT2D eigenvalue weighted by Gasteiger charge is 2.10. The van der Waals surface area contributed by atoms with Crippen LogP contribution in [0.15, 0.2) is 36.4 Å². The van der Waals surface area contributed by atoms with Crippen LogP contribution in [0.2, 0.25) is 10.0 Å². The van der Waals surface area contributed by atoms with Crippen LogP contribution in [0.5, 0.6) is 5.75 Å². The fraction of sp³-hybridized carbons (Fsp3) is 0.235. The highest BCUT2D eigenvalue weighted by molar-refractivity contribution is 6.35. The Morgan fingerprint density at radius 2 is 1.77 bits per heavy atom. The Morgan fingerprint density at radius 1 is 1.09 bits per heavy atom.